The number of H-pyrrole nitrogens is 1. The average Bonchev–Trinajstić information content (AvgIpc) is 3.27. The van der Waals surface area contributed by atoms with Gasteiger partial charge in [0, 0.05) is 24.9 Å². The number of fused-ring (bicyclic) bond motifs is 1. The molecule has 1 fully saturated rings. The summed E-state index contributed by atoms with van der Waals surface area (Å²) in [5.41, 5.74) is 2.23. The van der Waals surface area contributed by atoms with E-state index in [1.54, 1.807) is 19.2 Å². The molecule has 136 valence electrons. The van der Waals surface area contributed by atoms with Crippen molar-refractivity contribution >= 4 is 11.6 Å². The summed E-state index contributed by atoms with van der Waals surface area (Å²) in [5, 5.41) is 6.84. The van der Waals surface area contributed by atoms with Crippen LogP contribution in [0.25, 0.3) is 5.65 Å². The number of hydrogen-bond donors (Lipinski definition) is 1. The van der Waals surface area contributed by atoms with Crippen molar-refractivity contribution < 1.29 is 9.32 Å². The normalized spacial score (nSPS) is 17.8. The highest BCUT2D eigenvalue weighted by atomic mass is 16.5. The Balaban J connectivity index is 1.75. The summed E-state index contributed by atoms with van der Waals surface area (Å²) in [4.78, 5) is 32.0. The van der Waals surface area contributed by atoms with Crippen LogP contribution in [-0.2, 0) is 6.42 Å². The van der Waals surface area contributed by atoms with E-state index in [0.29, 0.717) is 41.3 Å². The molecule has 4 heterocycles. The Kier molecular flexibility index (Phi) is 4.10. The molecule has 1 atom stereocenters. The molecule has 0 radical (unpaired) electrons. The summed E-state index contributed by atoms with van der Waals surface area (Å²) < 4.78 is 6.62. The highest BCUT2D eigenvalue weighted by molar-refractivity contribution is 5.96. The quantitative estimate of drug-likeness (QED) is 0.777. The predicted octanol–water partition coefficient (Wildman–Crippen LogP) is 2.25. The van der Waals surface area contributed by atoms with Crippen LogP contribution in [0.4, 0.5) is 0 Å². The van der Waals surface area contributed by atoms with Gasteiger partial charge in [0.1, 0.15) is 11.3 Å². The van der Waals surface area contributed by atoms with Crippen LogP contribution in [0.3, 0.4) is 0 Å². The van der Waals surface area contributed by atoms with Crippen molar-refractivity contribution in [2.45, 2.75) is 45.6 Å². The fraction of sp³-hybridized carbons (Fsp3) is 0.444. The van der Waals surface area contributed by atoms with E-state index in [2.05, 4.69) is 15.2 Å². The van der Waals surface area contributed by atoms with Gasteiger partial charge in [-0.05, 0) is 32.6 Å². The van der Waals surface area contributed by atoms with Gasteiger partial charge in [-0.3, -0.25) is 14.7 Å². The number of likely N-dealkylation sites (tertiary alicyclic amines) is 1. The van der Waals surface area contributed by atoms with E-state index in [1.807, 2.05) is 11.8 Å². The molecule has 0 spiro atoms. The van der Waals surface area contributed by atoms with Crippen LogP contribution in [0.15, 0.2) is 27.6 Å². The van der Waals surface area contributed by atoms with Gasteiger partial charge in [-0.25, -0.2) is 9.50 Å². The molecule has 1 aliphatic heterocycles. The zero-order valence-corrected chi connectivity index (χ0v) is 14.9. The monoisotopic (exact) mass is 355 g/mol. The third-order valence-electron chi connectivity index (χ3n) is 4.99. The summed E-state index contributed by atoms with van der Waals surface area (Å²) in [6.07, 6.45) is 5.01. The highest BCUT2D eigenvalue weighted by Crippen LogP contribution is 2.32. The van der Waals surface area contributed by atoms with Crippen molar-refractivity contribution in [3.05, 3.63) is 51.4 Å². The summed E-state index contributed by atoms with van der Waals surface area (Å²) >= 11 is 0. The molecule has 1 N–H and O–H groups in total. The van der Waals surface area contributed by atoms with Crippen LogP contribution < -0.4 is 5.56 Å². The Bertz CT molecular complexity index is 1020. The molecule has 0 saturated carbocycles. The lowest BCUT2D eigenvalue weighted by atomic mass is 9.97. The second kappa shape index (κ2) is 6.44. The Morgan fingerprint density at radius 1 is 1.42 bits per heavy atom. The summed E-state index contributed by atoms with van der Waals surface area (Å²) in [5.74, 6) is 0.437. The number of carbonyl (C=O) groups excluding carboxylic acids is 1. The van der Waals surface area contributed by atoms with E-state index < -0.39 is 0 Å². The van der Waals surface area contributed by atoms with Gasteiger partial charge in [-0.2, -0.15) is 0 Å². The molecule has 4 rings (SSSR count). The fourth-order valence-electron chi connectivity index (χ4n) is 3.68. The van der Waals surface area contributed by atoms with Gasteiger partial charge in [0.25, 0.3) is 11.5 Å². The summed E-state index contributed by atoms with van der Waals surface area (Å²) in [6, 6.07) is 3.04. The van der Waals surface area contributed by atoms with E-state index in [4.69, 9.17) is 4.52 Å². The second-order valence-electron chi connectivity index (χ2n) is 6.60. The van der Waals surface area contributed by atoms with Gasteiger partial charge in [0.15, 0.2) is 5.65 Å². The molecule has 3 aromatic heterocycles. The Morgan fingerprint density at radius 3 is 3.08 bits per heavy atom. The first-order chi connectivity index (χ1) is 12.6. The van der Waals surface area contributed by atoms with E-state index in [-0.39, 0.29) is 17.5 Å². The number of nitrogens with one attached hydrogen (secondary N) is 1. The van der Waals surface area contributed by atoms with Gasteiger partial charge >= 0.3 is 0 Å². The smallest absolute Gasteiger partial charge is 0.272 e. The third-order valence-corrected chi connectivity index (χ3v) is 4.99. The molecular formula is C18H21N5O3. The van der Waals surface area contributed by atoms with Crippen molar-refractivity contribution in [2.24, 2.45) is 0 Å². The number of aromatic amines is 1. The molecule has 1 saturated heterocycles. The topological polar surface area (TPSA) is 96.5 Å². The van der Waals surface area contributed by atoms with E-state index >= 15 is 0 Å². The standard InChI is InChI=1S/C18H21N5O3/c1-3-12-17(11(2)26-21-12)18(25)22-9-5-4-6-14(22)13-10-16(24)23-15(20-13)7-8-19-23/h7-8,10,14,19H,3-6,9H2,1-2H3/t14-/m1/s1. The SMILES string of the molecule is CCc1noc(C)c1C(=O)N1CCCC[C@@H]1c1cc(=O)n2[nH]ccc2n1. The summed E-state index contributed by atoms with van der Waals surface area (Å²) in [6.45, 7) is 4.34. The number of rotatable bonds is 3. The highest BCUT2D eigenvalue weighted by Gasteiger charge is 2.33. The van der Waals surface area contributed by atoms with Gasteiger partial charge in [-0.15, -0.1) is 0 Å². The summed E-state index contributed by atoms with van der Waals surface area (Å²) in [7, 11) is 0. The molecule has 8 heteroatoms. The molecule has 1 amide bonds. The van der Waals surface area contributed by atoms with Crippen molar-refractivity contribution in [3.8, 4) is 0 Å². The van der Waals surface area contributed by atoms with E-state index in [9.17, 15) is 9.59 Å². The van der Waals surface area contributed by atoms with Crippen LogP contribution in [0.1, 0.15) is 59.7 Å². The van der Waals surface area contributed by atoms with Crippen molar-refractivity contribution in [1.82, 2.24) is 24.7 Å². The first-order valence-electron chi connectivity index (χ1n) is 8.93. The Morgan fingerprint density at radius 2 is 2.27 bits per heavy atom. The van der Waals surface area contributed by atoms with Gasteiger partial charge in [0.05, 0.1) is 17.4 Å². The number of nitrogens with zero attached hydrogens (tertiary/aromatic N) is 4. The molecule has 0 unspecified atom stereocenters. The minimum absolute atomic E-state index is 0.0960. The number of aromatic nitrogens is 4. The maximum absolute atomic E-state index is 13.3. The van der Waals surface area contributed by atoms with Crippen molar-refractivity contribution in [3.63, 3.8) is 0 Å². The maximum atomic E-state index is 13.3. The zero-order valence-electron chi connectivity index (χ0n) is 14.9. The third kappa shape index (κ3) is 2.61. The van der Waals surface area contributed by atoms with Crippen LogP contribution in [0, 0.1) is 6.92 Å². The van der Waals surface area contributed by atoms with Gasteiger partial charge in [-0.1, -0.05) is 12.1 Å². The van der Waals surface area contributed by atoms with E-state index in [1.165, 1.54) is 10.6 Å². The average molecular weight is 355 g/mol. The van der Waals surface area contributed by atoms with Crippen molar-refractivity contribution in [1.29, 1.82) is 0 Å². The molecule has 0 bridgehead atoms. The number of carbonyl (C=O) groups is 1. The molecule has 8 nitrogen and oxygen atoms in total. The lowest BCUT2D eigenvalue weighted by Gasteiger charge is -2.35. The number of hydrogen-bond acceptors (Lipinski definition) is 5. The van der Waals surface area contributed by atoms with Gasteiger partial charge < -0.3 is 9.42 Å². The van der Waals surface area contributed by atoms with Crippen LogP contribution in [0.2, 0.25) is 0 Å². The Labute approximate surface area is 149 Å². The predicted molar refractivity (Wildman–Crippen MR) is 94.1 cm³/mol. The van der Waals surface area contributed by atoms with Crippen LogP contribution in [0.5, 0.6) is 0 Å². The number of piperidine rings is 1. The first kappa shape index (κ1) is 16.6. The van der Waals surface area contributed by atoms with Crippen LogP contribution >= 0.6 is 0 Å². The molecule has 0 aromatic carbocycles. The van der Waals surface area contributed by atoms with Crippen LogP contribution in [-0.4, -0.2) is 37.1 Å². The molecular weight excluding hydrogens is 334 g/mol. The van der Waals surface area contributed by atoms with E-state index in [0.717, 1.165) is 19.3 Å². The molecule has 26 heavy (non-hydrogen) atoms. The second-order valence-corrected chi connectivity index (χ2v) is 6.60. The first-order valence-corrected chi connectivity index (χ1v) is 8.93. The van der Waals surface area contributed by atoms with Gasteiger partial charge in [0.2, 0.25) is 0 Å². The largest absolute Gasteiger partial charge is 0.361 e. The molecule has 1 aliphatic rings. The Hall–Kier alpha value is -2.90. The van der Waals surface area contributed by atoms with Crippen molar-refractivity contribution in [2.75, 3.05) is 6.54 Å². The lowest BCUT2D eigenvalue weighted by Crippen LogP contribution is -2.40. The minimum Gasteiger partial charge on any atom is -0.361 e. The fourth-order valence-corrected chi connectivity index (χ4v) is 3.68. The molecule has 3 aromatic rings. The minimum atomic E-state index is -0.220. The zero-order chi connectivity index (χ0) is 18.3. The number of aryl methyl sites for hydroxylation is 2. The molecule has 0 aliphatic carbocycles. The maximum Gasteiger partial charge on any atom is 0.272 e. The number of amides is 1. The lowest BCUT2D eigenvalue weighted by molar-refractivity contribution is 0.0603.